The summed E-state index contributed by atoms with van der Waals surface area (Å²) in [6.07, 6.45) is 2.10. The summed E-state index contributed by atoms with van der Waals surface area (Å²) >= 11 is 0. The van der Waals surface area contributed by atoms with Gasteiger partial charge in [0.05, 0.1) is 11.1 Å². The second-order valence-electron chi connectivity index (χ2n) is 7.51. The van der Waals surface area contributed by atoms with Crippen molar-refractivity contribution in [3.05, 3.63) is 29.5 Å². The van der Waals surface area contributed by atoms with Gasteiger partial charge >= 0.3 is 0 Å². The van der Waals surface area contributed by atoms with Crippen molar-refractivity contribution < 1.29 is 4.79 Å². The van der Waals surface area contributed by atoms with Gasteiger partial charge in [0.1, 0.15) is 5.52 Å². The van der Waals surface area contributed by atoms with Crippen molar-refractivity contribution in [1.29, 1.82) is 0 Å². The van der Waals surface area contributed by atoms with Gasteiger partial charge in [-0.15, -0.1) is 0 Å². The molecule has 1 aromatic carbocycles. The van der Waals surface area contributed by atoms with E-state index in [1.54, 1.807) is 0 Å². The Morgan fingerprint density at radius 2 is 2.08 bits per heavy atom. The minimum absolute atomic E-state index is 0.00697. The normalized spacial score (nSPS) is 17.2. The van der Waals surface area contributed by atoms with Crippen molar-refractivity contribution >= 4 is 16.8 Å². The van der Waals surface area contributed by atoms with E-state index in [4.69, 9.17) is 5.10 Å². The molecule has 3 rings (SSSR count). The van der Waals surface area contributed by atoms with Crippen LogP contribution in [0.3, 0.4) is 0 Å². The van der Waals surface area contributed by atoms with E-state index in [-0.39, 0.29) is 11.4 Å². The van der Waals surface area contributed by atoms with E-state index in [1.807, 2.05) is 26.2 Å². The van der Waals surface area contributed by atoms with Gasteiger partial charge in [-0.1, -0.05) is 12.1 Å². The number of hydrogen-bond donors (Lipinski definition) is 2. The van der Waals surface area contributed by atoms with Crippen LogP contribution < -0.4 is 10.6 Å². The average molecular weight is 343 g/mol. The summed E-state index contributed by atoms with van der Waals surface area (Å²) in [7, 11) is 4.00. The van der Waals surface area contributed by atoms with E-state index in [0.29, 0.717) is 12.1 Å². The maximum atomic E-state index is 12.6. The number of carbonyl (C=O) groups excluding carboxylic acids is 1. The zero-order chi connectivity index (χ0) is 18.0. The fraction of sp³-hybridized carbons (Fsp3) is 0.579. The molecule has 6 heteroatoms. The Hall–Kier alpha value is -1.92. The highest BCUT2D eigenvalue weighted by molar-refractivity contribution is 6.06. The molecular weight excluding hydrogens is 314 g/mol. The van der Waals surface area contributed by atoms with E-state index in [0.717, 1.165) is 49.1 Å². The molecule has 0 radical (unpaired) electrons. The number of aryl methyl sites for hydroxylation is 1. The van der Waals surface area contributed by atoms with Gasteiger partial charge in [-0.3, -0.25) is 9.48 Å². The number of fused-ring (bicyclic) bond motifs is 1. The summed E-state index contributed by atoms with van der Waals surface area (Å²) in [5.74, 6) is -0.0486. The topological polar surface area (TPSA) is 62.2 Å². The molecule has 0 spiro atoms. The van der Waals surface area contributed by atoms with Crippen molar-refractivity contribution in [1.82, 2.24) is 25.3 Å². The zero-order valence-corrected chi connectivity index (χ0v) is 15.7. The van der Waals surface area contributed by atoms with E-state index < -0.39 is 0 Å². The van der Waals surface area contributed by atoms with Crippen LogP contribution in [0.5, 0.6) is 0 Å². The molecule has 1 amide bonds. The molecule has 0 unspecified atom stereocenters. The highest BCUT2D eigenvalue weighted by Gasteiger charge is 2.32. The number of rotatable bonds is 5. The monoisotopic (exact) mass is 343 g/mol. The maximum Gasteiger partial charge on any atom is 0.253 e. The number of hydrogen-bond acceptors (Lipinski definition) is 4. The third-order valence-electron chi connectivity index (χ3n) is 5.22. The largest absolute Gasteiger partial charge is 0.351 e. The number of carbonyl (C=O) groups is 1. The SMILES string of the molecule is Cc1c2cccc(C(=O)NCCN(C)C)c2nn1C1(C)CCNCC1. The molecule has 1 aliphatic rings. The van der Waals surface area contributed by atoms with Crippen LogP contribution in [-0.4, -0.2) is 60.9 Å². The van der Waals surface area contributed by atoms with Crippen LogP contribution in [0.15, 0.2) is 18.2 Å². The number of piperidine rings is 1. The second-order valence-corrected chi connectivity index (χ2v) is 7.51. The minimum atomic E-state index is -0.0486. The molecule has 25 heavy (non-hydrogen) atoms. The first-order valence-electron chi connectivity index (χ1n) is 9.05. The smallest absolute Gasteiger partial charge is 0.253 e. The fourth-order valence-corrected chi connectivity index (χ4v) is 3.61. The summed E-state index contributed by atoms with van der Waals surface area (Å²) < 4.78 is 2.15. The molecule has 2 N–H and O–H groups in total. The van der Waals surface area contributed by atoms with Crippen LogP contribution in [0, 0.1) is 6.92 Å². The number of nitrogens with one attached hydrogen (secondary N) is 2. The van der Waals surface area contributed by atoms with Crippen molar-refractivity contribution in [3.8, 4) is 0 Å². The van der Waals surface area contributed by atoms with E-state index in [1.165, 1.54) is 0 Å². The quantitative estimate of drug-likeness (QED) is 0.868. The molecule has 0 aliphatic carbocycles. The highest BCUT2D eigenvalue weighted by atomic mass is 16.1. The van der Waals surface area contributed by atoms with Gasteiger partial charge in [0.15, 0.2) is 0 Å². The van der Waals surface area contributed by atoms with Crippen LogP contribution in [0.25, 0.3) is 10.9 Å². The average Bonchev–Trinajstić information content (AvgIpc) is 2.93. The molecule has 1 aromatic heterocycles. The van der Waals surface area contributed by atoms with Gasteiger partial charge < -0.3 is 15.5 Å². The Labute approximate surface area is 149 Å². The first-order chi connectivity index (χ1) is 11.9. The summed E-state index contributed by atoms with van der Waals surface area (Å²) in [5.41, 5.74) is 2.62. The summed E-state index contributed by atoms with van der Waals surface area (Å²) in [4.78, 5) is 14.7. The lowest BCUT2D eigenvalue weighted by Crippen LogP contribution is -2.43. The molecule has 0 atom stereocenters. The fourth-order valence-electron chi connectivity index (χ4n) is 3.61. The summed E-state index contributed by atoms with van der Waals surface area (Å²) in [5, 5.41) is 12.4. The first kappa shape index (κ1) is 17.9. The van der Waals surface area contributed by atoms with Gasteiger partial charge in [-0.2, -0.15) is 5.10 Å². The van der Waals surface area contributed by atoms with Crippen molar-refractivity contribution in [2.24, 2.45) is 0 Å². The lowest BCUT2D eigenvalue weighted by Gasteiger charge is -2.35. The second kappa shape index (κ2) is 7.14. The third-order valence-corrected chi connectivity index (χ3v) is 5.22. The van der Waals surface area contributed by atoms with E-state index >= 15 is 0 Å². The lowest BCUT2D eigenvalue weighted by atomic mass is 9.90. The molecular formula is C19H29N5O. The van der Waals surface area contributed by atoms with Crippen LogP contribution in [-0.2, 0) is 5.54 Å². The number of aromatic nitrogens is 2. The Morgan fingerprint density at radius 3 is 2.76 bits per heavy atom. The molecule has 6 nitrogen and oxygen atoms in total. The zero-order valence-electron chi connectivity index (χ0n) is 15.7. The van der Waals surface area contributed by atoms with Crippen LogP contribution in [0.4, 0.5) is 0 Å². The van der Waals surface area contributed by atoms with Gasteiger partial charge in [0.2, 0.25) is 0 Å². The predicted octanol–water partition coefficient (Wildman–Crippen LogP) is 1.73. The van der Waals surface area contributed by atoms with Gasteiger partial charge in [0, 0.05) is 24.2 Å². The Balaban J connectivity index is 1.93. The van der Waals surface area contributed by atoms with Crippen molar-refractivity contribution in [2.75, 3.05) is 40.3 Å². The molecule has 1 saturated heterocycles. The van der Waals surface area contributed by atoms with Crippen LogP contribution >= 0.6 is 0 Å². The highest BCUT2D eigenvalue weighted by Crippen LogP contribution is 2.31. The predicted molar refractivity (Wildman–Crippen MR) is 101 cm³/mol. The summed E-state index contributed by atoms with van der Waals surface area (Å²) in [6.45, 7) is 7.83. The molecule has 136 valence electrons. The lowest BCUT2D eigenvalue weighted by molar-refractivity contribution is 0.0952. The molecule has 1 aliphatic heterocycles. The Morgan fingerprint density at radius 1 is 1.36 bits per heavy atom. The summed E-state index contributed by atoms with van der Waals surface area (Å²) in [6, 6.07) is 5.89. The van der Waals surface area contributed by atoms with Crippen molar-refractivity contribution in [3.63, 3.8) is 0 Å². The third kappa shape index (κ3) is 3.55. The molecule has 0 saturated carbocycles. The van der Waals surface area contributed by atoms with Crippen LogP contribution in [0.2, 0.25) is 0 Å². The van der Waals surface area contributed by atoms with Gasteiger partial charge in [-0.25, -0.2) is 0 Å². The minimum Gasteiger partial charge on any atom is -0.351 e. The van der Waals surface area contributed by atoms with Gasteiger partial charge in [0.25, 0.3) is 5.91 Å². The number of amides is 1. The van der Waals surface area contributed by atoms with E-state index in [9.17, 15) is 4.79 Å². The molecule has 2 heterocycles. The molecule has 0 bridgehead atoms. The maximum absolute atomic E-state index is 12.6. The first-order valence-corrected chi connectivity index (χ1v) is 9.05. The van der Waals surface area contributed by atoms with E-state index in [2.05, 4.69) is 40.1 Å². The van der Waals surface area contributed by atoms with Gasteiger partial charge in [-0.05, 0) is 59.9 Å². The molecule has 1 fully saturated rings. The number of likely N-dealkylation sites (N-methyl/N-ethyl adjacent to an activating group) is 1. The number of benzene rings is 1. The molecule has 2 aromatic rings. The van der Waals surface area contributed by atoms with Crippen molar-refractivity contribution in [2.45, 2.75) is 32.2 Å². The standard InChI is InChI=1S/C19H29N5O/c1-14-15-6-5-7-16(18(25)21-12-13-23(3)4)17(15)22-24(14)19(2)8-10-20-11-9-19/h5-7,20H,8-13H2,1-4H3,(H,21,25). The number of nitrogens with zero attached hydrogens (tertiary/aromatic N) is 3. The Kier molecular flexibility index (Phi) is 5.11. The van der Waals surface area contributed by atoms with Crippen LogP contribution in [0.1, 0.15) is 35.8 Å². The Bertz CT molecular complexity index is 759.